The van der Waals surface area contributed by atoms with Gasteiger partial charge in [-0.1, -0.05) is 12.2 Å². The summed E-state index contributed by atoms with van der Waals surface area (Å²) in [7, 11) is 2.15. The standard InChI is InChI=1S/C12H19N3S/c1-9-14-12(8-16-9)7-15(2)6-10-3-4-11(13)5-10/h3-4,8,10-11H,5-7,13H2,1-2H3. The van der Waals surface area contributed by atoms with Crippen LogP contribution >= 0.6 is 11.3 Å². The Kier molecular flexibility index (Phi) is 3.74. The summed E-state index contributed by atoms with van der Waals surface area (Å²) in [5, 5.41) is 3.29. The van der Waals surface area contributed by atoms with E-state index < -0.39 is 0 Å². The van der Waals surface area contributed by atoms with Crippen LogP contribution in [0.4, 0.5) is 0 Å². The minimum atomic E-state index is 0.264. The van der Waals surface area contributed by atoms with Gasteiger partial charge in [-0.05, 0) is 26.3 Å². The van der Waals surface area contributed by atoms with Crippen molar-refractivity contribution in [2.75, 3.05) is 13.6 Å². The average molecular weight is 237 g/mol. The quantitative estimate of drug-likeness (QED) is 0.812. The Balaban J connectivity index is 1.80. The Bertz CT molecular complexity index is 372. The molecule has 0 aromatic carbocycles. The van der Waals surface area contributed by atoms with Crippen molar-refractivity contribution in [3.05, 3.63) is 28.2 Å². The Hall–Kier alpha value is -0.710. The van der Waals surface area contributed by atoms with Gasteiger partial charge in [0.05, 0.1) is 10.7 Å². The molecule has 1 aliphatic rings. The fraction of sp³-hybridized carbons (Fsp3) is 0.583. The van der Waals surface area contributed by atoms with Crippen LogP contribution in [0.3, 0.4) is 0 Å². The molecule has 3 nitrogen and oxygen atoms in total. The summed E-state index contributed by atoms with van der Waals surface area (Å²) in [6, 6.07) is 0.264. The summed E-state index contributed by atoms with van der Waals surface area (Å²) >= 11 is 1.72. The highest BCUT2D eigenvalue weighted by Gasteiger charge is 2.17. The molecule has 0 amide bonds. The van der Waals surface area contributed by atoms with Crippen molar-refractivity contribution in [2.24, 2.45) is 11.7 Å². The summed E-state index contributed by atoms with van der Waals surface area (Å²) in [4.78, 5) is 6.80. The van der Waals surface area contributed by atoms with Gasteiger partial charge in [0, 0.05) is 24.5 Å². The first-order valence-corrected chi connectivity index (χ1v) is 6.55. The topological polar surface area (TPSA) is 42.2 Å². The maximum Gasteiger partial charge on any atom is 0.0897 e. The number of rotatable bonds is 4. The van der Waals surface area contributed by atoms with Gasteiger partial charge in [-0.3, -0.25) is 4.90 Å². The number of nitrogens with zero attached hydrogens (tertiary/aromatic N) is 2. The molecule has 2 atom stereocenters. The van der Waals surface area contributed by atoms with E-state index in [1.165, 1.54) is 5.69 Å². The lowest BCUT2D eigenvalue weighted by molar-refractivity contribution is 0.286. The molecule has 2 unspecified atom stereocenters. The molecule has 0 aliphatic heterocycles. The molecule has 0 fully saturated rings. The second kappa shape index (κ2) is 5.08. The number of hydrogen-bond donors (Lipinski definition) is 1. The number of aryl methyl sites for hydroxylation is 1. The highest BCUT2D eigenvalue weighted by atomic mass is 32.1. The fourth-order valence-electron chi connectivity index (χ4n) is 2.16. The van der Waals surface area contributed by atoms with Crippen LogP contribution in [0.2, 0.25) is 0 Å². The minimum absolute atomic E-state index is 0.264. The smallest absolute Gasteiger partial charge is 0.0897 e. The zero-order valence-electron chi connectivity index (χ0n) is 9.89. The van der Waals surface area contributed by atoms with E-state index in [-0.39, 0.29) is 6.04 Å². The first-order valence-electron chi connectivity index (χ1n) is 5.67. The largest absolute Gasteiger partial charge is 0.324 e. The Labute approximate surface area is 101 Å². The second-order valence-electron chi connectivity index (χ2n) is 4.60. The monoisotopic (exact) mass is 237 g/mol. The lowest BCUT2D eigenvalue weighted by Crippen LogP contribution is -2.26. The summed E-state index contributed by atoms with van der Waals surface area (Å²) < 4.78 is 0. The van der Waals surface area contributed by atoms with Crippen molar-refractivity contribution in [3.63, 3.8) is 0 Å². The summed E-state index contributed by atoms with van der Waals surface area (Å²) in [6.45, 7) is 4.05. The van der Waals surface area contributed by atoms with E-state index in [2.05, 4.69) is 34.5 Å². The molecule has 0 saturated carbocycles. The Morgan fingerprint density at radius 3 is 2.94 bits per heavy atom. The highest BCUT2D eigenvalue weighted by Crippen LogP contribution is 2.18. The van der Waals surface area contributed by atoms with Crippen molar-refractivity contribution >= 4 is 11.3 Å². The molecule has 4 heteroatoms. The first kappa shape index (κ1) is 11.8. The van der Waals surface area contributed by atoms with E-state index in [1.54, 1.807) is 11.3 Å². The van der Waals surface area contributed by atoms with Crippen LogP contribution in [0.1, 0.15) is 17.1 Å². The molecule has 0 spiro atoms. The SMILES string of the molecule is Cc1nc(CN(C)CC2C=CC(N)C2)cs1. The van der Waals surface area contributed by atoms with Gasteiger partial charge in [-0.2, -0.15) is 0 Å². The molecule has 1 aromatic heterocycles. The molecule has 2 N–H and O–H groups in total. The molecule has 0 saturated heterocycles. The van der Waals surface area contributed by atoms with Crippen molar-refractivity contribution in [2.45, 2.75) is 25.9 Å². The fourth-order valence-corrected chi connectivity index (χ4v) is 2.77. The van der Waals surface area contributed by atoms with E-state index in [0.29, 0.717) is 5.92 Å². The van der Waals surface area contributed by atoms with Crippen LogP contribution in [-0.2, 0) is 6.54 Å². The minimum Gasteiger partial charge on any atom is -0.324 e. The van der Waals surface area contributed by atoms with Crippen molar-refractivity contribution in [1.29, 1.82) is 0 Å². The maximum atomic E-state index is 5.84. The van der Waals surface area contributed by atoms with Crippen molar-refractivity contribution in [3.8, 4) is 0 Å². The Morgan fingerprint density at radius 1 is 1.56 bits per heavy atom. The molecule has 88 valence electrons. The van der Waals surface area contributed by atoms with E-state index >= 15 is 0 Å². The zero-order valence-corrected chi connectivity index (χ0v) is 10.7. The van der Waals surface area contributed by atoms with E-state index in [1.807, 2.05) is 6.92 Å². The lowest BCUT2D eigenvalue weighted by atomic mass is 10.1. The van der Waals surface area contributed by atoms with Gasteiger partial charge in [0.15, 0.2) is 0 Å². The molecule has 0 bridgehead atoms. The van der Waals surface area contributed by atoms with Crippen LogP contribution < -0.4 is 5.73 Å². The molecule has 1 aliphatic carbocycles. The average Bonchev–Trinajstić information content (AvgIpc) is 2.76. The van der Waals surface area contributed by atoms with Crippen LogP contribution in [0.15, 0.2) is 17.5 Å². The Morgan fingerprint density at radius 2 is 2.38 bits per heavy atom. The van der Waals surface area contributed by atoms with E-state index in [9.17, 15) is 0 Å². The third kappa shape index (κ3) is 3.14. The van der Waals surface area contributed by atoms with Gasteiger partial charge in [-0.25, -0.2) is 4.98 Å². The number of aromatic nitrogens is 1. The molecule has 1 heterocycles. The van der Waals surface area contributed by atoms with Gasteiger partial charge in [0.2, 0.25) is 0 Å². The summed E-state index contributed by atoms with van der Waals surface area (Å²) in [5.74, 6) is 0.611. The predicted octanol–water partition coefficient (Wildman–Crippen LogP) is 1.79. The molecule has 0 radical (unpaired) electrons. The maximum absolute atomic E-state index is 5.84. The molecule has 16 heavy (non-hydrogen) atoms. The third-order valence-corrected chi connectivity index (χ3v) is 3.67. The third-order valence-electron chi connectivity index (χ3n) is 2.85. The van der Waals surface area contributed by atoms with E-state index in [0.717, 1.165) is 24.5 Å². The number of nitrogens with two attached hydrogens (primary N) is 1. The van der Waals surface area contributed by atoms with Crippen LogP contribution in [0, 0.1) is 12.8 Å². The second-order valence-corrected chi connectivity index (χ2v) is 5.66. The van der Waals surface area contributed by atoms with Gasteiger partial charge in [0.25, 0.3) is 0 Å². The number of hydrogen-bond acceptors (Lipinski definition) is 4. The molecule has 1 aromatic rings. The lowest BCUT2D eigenvalue weighted by Gasteiger charge is -2.19. The normalized spacial score (nSPS) is 24.5. The zero-order chi connectivity index (χ0) is 11.5. The van der Waals surface area contributed by atoms with Gasteiger partial charge in [0.1, 0.15) is 0 Å². The van der Waals surface area contributed by atoms with Crippen LogP contribution in [0.25, 0.3) is 0 Å². The first-order chi connectivity index (χ1) is 7.63. The van der Waals surface area contributed by atoms with Gasteiger partial charge >= 0.3 is 0 Å². The summed E-state index contributed by atoms with van der Waals surface area (Å²) in [5.41, 5.74) is 7.02. The summed E-state index contributed by atoms with van der Waals surface area (Å²) in [6.07, 6.45) is 5.44. The molecule has 2 rings (SSSR count). The van der Waals surface area contributed by atoms with Crippen LogP contribution in [-0.4, -0.2) is 29.5 Å². The highest BCUT2D eigenvalue weighted by molar-refractivity contribution is 7.09. The van der Waals surface area contributed by atoms with Gasteiger partial charge in [-0.15, -0.1) is 11.3 Å². The van der Waals surface area contributed by atoms with Gasteiger partial charge < -0.3 is 5.73 Å². The van der Waals surface area contributed by atoms with Crippen molar-refractivity contribution in [1.82, 2.24) is 9.88 Å². The van der Waals surface area contributed by atoms with E-state index in [4.69, 9.17) is 5.73 Å². The van der Waals surface area contributed by atoms with Crippen LogP contribution in [0.5, 0.6) is 0 Å². The number of thiazole rings is 1. The molecular formula is C12H19N3S. The predicted molar refractivity (Wildman–Crippen MR) is 68.4 cm³/mol. The van der Waals surface area contributed by atoms with Crippen molar-refractivity contribution < 1.29 is 0 Å². The molecular weight excluding hydrogens is 218 g/mol.